The van der Waals surface area contributed by atoms with Crippen molar-refractivity contribution in [3.8, 4) is 0 Å². The van der Waals surface area contributed by atoms with Gasteiger partial charge in [-0.05, 0) is 48.1 Å². The monoisotopic (exact) mass is 452 g/mol. The fourth-order valence-electron chi connectivity index (χ4n) is 2.12. The minimum absolute atomic E-state index is 0.0458. The molecule has 142 valence electrons. The molecular weight excluding hydrogens is 435 g/mol. The predicted molar refractivity (Wildman–Crippen MR) is 110 cm³/mol. The van der Waals surface area contributed by atoms with Crippen LogP contribution in [0.5, 0.6) is 0 Å². The Balaban J connectivity index is 2.14. The number of hydrogen-bond donors (Lipinski definition) is 2. The van der Waals surface area contributed by atoms with Gasteiger partial charge < -0.3 is 5.32 Å². The van der Waals surface area contributed by atoms with Gasteiger partial charge in [-0.1, -0.05) is 29.3 Å². The van der Waals surface area contributed by atoms with Crippen molar-refractivity contribution < 1.29 is 13.2 Å². The molecular formula is C16H18Cl2N2O3S3. The van der Waals surface area contributed by atoms with Crippen molar-refractivity contribution in [3.05, 3.63) is 50.6 Å². The third kappa shape index (κ3) is 6.14. The van der Waals surface area contributed by atoms with Gasteiger partial charge in [0.05, 0.1) is 11.6 Å². The Morgan fingerprint density at radius 3 is 2.73 bits per heavy atom. The van der Waals surface area contributed by atoms with Gasteiger partial charge in [-0.2, -0.15) is 16.5 Å². The zero-order valence-corrected chi connectivity index (χ0v) is 17.8. The van der Waals surface area contributed by atoms with Crippen LogP contribution in [0.1, 0.15) is 11.3 Å². The molecule has 0 aliphatic carbocycles. The SMILES string of the molecule is CSCCC(NS(=O)(=O)c1cc(Cl)ccc1Cl)C(=O)NCc1cccs1. The fourth-order valence-corrected chi connectivity index (χ4v) is 5.23. The highest BCUT2D eigenvalue weighted by molar-refractivity contribution is 7.98. The van der Waals surface area contributed by atoms with Gasteiger partial charge in [-0.3, -0.25) is 4.79 Å². The molecule has 10 heteroatoms. The molecule has 5 nitrogen and oxygen atoms in total. The molecule has 0 spiro atoms. The lowest BCUT2D eigenvalue weighted by Gasteiger charge is -2.18. The summed E-state index contributed by atoms with van der Waals surface area (Å²) in [4.78, 5) is 13.3. The Kier molecular flexibility index (Phi) is 8.25. The van der Waals surface area contributed by atoms with Gasteiger partial charge in [0.15, 0.2) is 0 Å². The minimum atomic E-state index is -3.99. The average molecular weight is 453 g/mol. The van der Waals surface area contributed by atoms with E-state index in [0.717, 1.165) is 4.88 Å². The average Bonchev–Trinajstić information content (AvgIpc) is 3.12. The quantitative estimate of drug-likeness (QED) is 0.606. The summed E-state index contributed by atoms with van der Waals surface area (Å²) in [5.74, 6) is 0.247. The standard InChI is InChI=1S/C16H18Cl2N2O3S3/c1-24-8-6-14(16(21)19-10-12-3-2-7-25-12)20-26(22,23)15-9-11(17)4-5-13(15)18/h2-5,7,9,14,20H,6,8,10H2,1H3,(H,19,21). The molecule has 0 saturated carbocycles. The van der Waals surface area contributed by atoms with Crippen LogP contribution in [-0.4, -0.2) is 32.4 Å². The number of benzene rings is 1. The van der Waals surface area contributed by atoms with E-state index in [1.54, 1.807) is 0 Å². The topological polar surface area (TPSA) is 75.3 Å². The van der Waals surface area contributed by atoms with Crippen molar-refractivity contribution in [3.63, 3.8) is 0 Å². The molecule has 1 aromatic heterocycles. The lowest BCUT2D eigenvalue weighted by atomic mass is 10.2. The van der Waals surface area contributed by atoms with Gasteiger partial charge in [0, 0.05) is 9.90 Å². The minimum Gasteiger partial charge on any atom is -0.350 e. The molecule has 0 fully saturated rings. The number of amides is 1. The van der Waals surface area contributed by atoms with Gasteiger partial charge >= 0.3 is 0 Å². The van der Waals surface area contributed by atoms with E-state index in [0.29, 0.717) is 18.7 Å². The van der Waals surface area contributed by atoms with Crippen LogP contribution in [-0.2, 0) is 21.4 Å². The lowest BCUT2D eigenvalue weighted by Crippen LogP contribution is -2.46. The first-order valence-electron chi connectivity index (χ1n) is 7.60. The van der Waals surface area contributed by atoms with Gasteiger partial charge in [0.25, 0.3) is 0 Å². The van der Waals surface area contributed by atoms with Crippen molar-refractivity contribution in [2.24, 2.45) is 0 Å². The van der Waals surface area contributed by atoms with E-state index in [-0.39, 0.29) is 20.8 Å². The maximum Gasteiger partial charge on any atom is 0.242 e. The molecule has 2 aromatic rings. The van der Waals surface area contributed by atoms with Crippen LogP contribution >= 0.6 is 46.3 Å². The number of carbonyl (C=O) groups is 1. The number of halogens is 2. The van der Waals surface area contributed by atoms with E-state index in [1.807, 2.05) is 23.8 Å². The van der Waals surface area contributed by atoms with Crippen LogP contribution < -0.4 is 10.0 Å². The summed E-state index contributed by atoms with van der Waals surface area (Å²) in [6.07, 6.45) is 2.25. The van der Waals surface area contributed by atoms with Crippen molar-refractivity contribution >= 4 is 62.2 Å². The summed E-state index contributed by atoms with van der Waals surface area (Å²) in [6.45, 7) is 0.353. The molecule has 0 radical (unpaired) electrons. The molecule has 2 N–H and O–H groups in total. The number of nitrogens with one attached hydrogen (secondary N) is 2. The predicted octanol–water partition coefficient (Wildman–Crippen LogP) is 3.77. The third-order valence-electron chi connectivity index (χ3n) is 3.42. The van der Waals surface area contributed by atoms with Crippen LogP contribution in [0.2, 0.25) is 10.0 Å². The highest BCUT2D eigenvalue weighted by atomic mass is 35.5. The van der Waals surface area contributed by atoms with Crippen LogP contribution in [0.3, 0.4) is 0 Å². The maximum absolute atomic E-state index is 12.7. The summed E-state index contributed by atoms with van der Waals surface area (Å²) in [6, 6.07) is 7.07. The Morgan fingerprint density at radius 1 is 1.31 bits per heavy atom. The van der Waals surface area contributed by atoms with E-state index < -0.39 is 16.1 Å². The smallest absolute Gasteiger partial charge is 0.242 e. The first kappa shape index (κ1) is 21.5. The second-order valence-electron chi connectivity index (χ2n) is 5.33. The van der Waals surface area contributed by atoms with E-state index in [4.69, 9.17) is 23.2 Å². The molecule has 1 unspecified atom stereocenters. The Labute approximate surface area is 171 Å². The molecule has 1 amide bonds. The Morgan fingerprint density at radius 2 is 2.08 bits per heavy atom. The molecule has 0 aliphatic heterocycles. The highest BCUT2D eigenvalue weighted by Crippen LogP contribution is 2.25. The second kappa shape index (κ2) is 9.96. The molecule has 2 rings (SSSR count). The van der Waals surface area contributed by atoms with Crippen LogP contribution in [0.4, 0.5) is 0 Å². The molecule has 1 atom stereocenters. The number of thioether (sulfide) groups is 1. The zero-order valence-electron chi connectivity index (χ0n) is 13.9. The summed E-state index contributed by atoms with van der Waals surface area (Å²) >= 11 is 14.9. The van der Waals surface area contributed by atoms with Crippen molar-refractivity contribution in [2.75, 3.05) is 12.0 Å². The fraction of sp³-hybridized carbons (Fsp3) is 0.312. The van der Waals surface area contributed by atoms with Crippen LogP contribution in [0.15, 0.2) is 40.6 Å². The van der Waals surface area contributed by atoms with Gasteiger partial charge in [0.2, 0.25) is 15.9 Å². The first-order chi connectivity index (χ1) is 12.3. The van der Waals surface area contributed by atoms with E-state index in [9.17, 15) is 13.2 Å². The summed E-state index contributed by atoms with van der Waals surface area (Å²) < 4.78 is 27.8. The molecule has 1 aromatic carbocycles. The van der Waals surface area contributed by atoms with Crippen molar-refractivity contribution in [1.82, 2.24) is 10.0 Å². The molecule has 1 heterocycles. The van der Waals surface area contributed by atoms with Crippen LogP contribution in [0.25, 0.3) is 0 Å². The van der Waals surface area contributed by atoms with E-state index in [2.05, 4.69) is 10.0 Å². The molecule has 0 aliphatic rings. The lowest BCUT2D eigenvalue weighted by molar-refractivity contribution is -0.122. The van der Waals surface area contributed by atoms with Gasteiger partial charge in [0.1, 0.15) is 10.9 Å². The summed E-state index contributed by atoms with van der Waals surface area (Å²) in [7, 11) is -3.99. The molecule has 26 heavy (non-hydrogen) atoms. The molecule has 0 saturated heterocycles. The number of rotatable bonds is 9. The normalized spacial score (nSPS) is 12.7. The Bertz CT molecular complexity index is 842. The van der Waals surface area contributed by atoms with Gasteiger partial charge in [-0.25, -0.2) is 8.42 Å². The third-order valence-corrected chi connectivity index (χ3v) is 7.13. The number of sulfonamides is 1. The number of carbonyl (C=O) groups excluding carboxylic acids is 1. The molecule has 0 bridgehead atoms. The Hall–Kier alpha value is -0.770. The largest absolute Gasteiger partial charge is 0.350 e. The number of thiophene rings is 1. The zero-order chi connectivity index (χ0) is 19.2. The number of hydrogen-bond acceptors (Lipinski definition) is 5. The van der Waals surface area contributed by atoms with Crippen molar-refractivity contribution in [2.45, 2.75) is 23.9 Å². The second-order valence-corrected chi connectivity index (χ2v) is 9.87. The highest BCUT2D eigenvalue weighted by Gasteiger charge is 2.27. The van der Waals surface area contributed by atoms with E-state index in [1.165, 1.54) is 41.3 Å². The first-order valence-corrected chi connectivity index (χ1v) is 12.1. The summed E-state index contributed by atoms with van der Waals surface area (Å²) in [5.41, 5.74) is 0. The van der Waals surface area contributed by atoms with Crippen LogP contribution in [0, 0.1) is 0 Å². The summed E-state index contributed by atoms with van der Waals surface area (Å²) in [5, 5.41) is 4.98. The van der Waals surface area contributed by atoms with E-state index >= 15 is 0 Å². The van der Waals surface area contributed by atoms with Crippen molar-refractivity contribution in [1.29, 1.82) is 0 Å². The van der Waals surface area contributed by atoms with Gasteiger partial charge in [-0.15, -0.1) is 11.3 Å². The maximum atomic E-state index is 12.7.